The highest BCUT2D eigenvalue weighted by Gasteiger charge is 2.24. The van der Waals surface area contributed by atoms with Gasteiger partial charge in [0.1, 0.15) is 0 Å². The van der Waals surface area contributed by atoms with Gasteiger partial charge in [0, 0.05) is 61.1 Å². The van der Waals surface area contributed by atoms with Crippen molar-refractivity contribution in [3.63, 3.8) is 0 Å². The van der Waals surface area contributed by atoms with Crippen molar-refractivity contribution in [3.05, 3.63) is 76.0 Å². The van der Waals surface area contributed by atoms with Crippen LogP contribution in [-0.2, 0) is 12.3 Å². The SMILES string of the molecule is Cc1nc(CSc2ccccc2C(=O)N2CCN(Cc3ccncc3)CC2)cs1. The van der Waals surface area contributed by atoms with Gasteiger partial charge in [-0.25, -0.2) is 4.98 Å². The topological polar surface area (TPSA) is 49.3 Å². The fourth-order valence-electron chi connectivity index (χ4n) is 3.42. The van der Waals surface area contributed by atoms with Crippen LogP contribution in [0.15, 0.2) is 59.1 Å². The number of piperazine rings is 1. The van der Waals surface area contributed by atoms with Crippen molar-refractivity contribution in [2.45, 2.75) is 24.1 Å². The van der Waals surface area contributed by atoms with Gasteiger partial charge in [-0.15, -0.1) is 23.1 Å². The molecule has 0 saturated carbocycles. The molecule has 29 heavy (non-hydrogen) atoms. The van der Waals surface area contributed by atoms with Crippen molar-refractivity contribution in [3.8, 4) is 0 Å². The van der Waals surface area contributed by atoms with E-state index in [1.54, 1.807) is 23.1 Å². The van der Waals surface area contributed by atoms with E-state index in [2.05, 4.69) is 32.4 Å². The fraction of sp³-hybridized carbons (Fsp3) is 0.318. The zero-order valence-electron chi connectivity index (χ0n) is 16.5. The number of carbonyl (C=O) groups is 1. The van der Waals surface area contributed by atoms with Gasteiger partial charge in [0.05, 0.1) is 16.3 Å². The average molecular weight is 425 g/mol. The molecule has 7 heteroatoms. The van der Waals surface area contributed by atoms with Crippen LogP contribution in [0.3, 0.4) is 0 Å². The number of pyridine rings is 1. The molecule has 0 N–H and O–H groups in total. The molecule has 2 aromatic heterocycles. The Morgan fingerprint density at radius 3 is 2.59 bits per heavy atom. The first-order valence-electron chi connectivity index (χ1n) is 9.72. The minimum atomic E-state index is 0.131. The molecule has 3 heterocycles. The lowest BCUT2D eigenvalue weighted by molar-refractivity contribution is 0.0625. The third-order valence-electron chi connectivity index (χ3n) is 4.97. The number of carbonyl (C=O) groups excluding carboxylic acids is 1. The van der Waals surface area contributed by atoms with E-state index in [0.29, 0.717) is 0 Å². The number of aryl methyl sites for hydroxylation is 1. The molecule has 4 rings (SSSR count). The first-order valence-corrected chi connectivity index (χ1v) is 11.6. The molecule has 0 unspecified atom stereocenters. The number of nitrogens with zero attached hydrogens (tertiary/aromatic N) is 4. The van der Waals surface area contributed by atoms with Crippen LogP contribution >= 0.6 is 23.1 Å². The molecule has 0 atom stereocenters. The second kappa shape index (κ2) is 9.52. The molecule has 0 radical (unpaired) electrons. The van der Waals surface area contributed by atoms with Gasteiger partial charge >= 0.3 is 0 Å². The molecule has 1 aliphatic heterocycles. The summed E-state index contributed by atoms with van der Waals surface area (Å²) in [5.41, 5.74) is 3.13. The summed E-state index contributed by atoms with van der Waals surface area (Å²) in [5, 5.41) is 3.17. The summed E-state index contributed by atoms with van der Waals surface area (Å²) in [4.78, 5) is 27.2. The summed E-state index contributed by atoms with van der Waals surface area (Å²) in [7, 11) is 0. The zero-order valence-corrected chi connectivity index (χ0v) is 18.1. The highest BCUT2D eigenvalue weighted by molar-refractivity contribution is 7.98. The van der Waals surface area contributed by atoms with Crippen molar-refractivity contribution >= 4 is 29.0 Å². The summed E-state index contributed by atoms with van der Waals surface area (Å²) < 4.78 is 0. The lowest BCUT2D eigenvalue weighted by atomic mass is 10.1. The molecular weight excluding hydrogens is 400 g/mol. The average Bonchev–Trinajstić information content (AvgIpc) is 3.18. The standard InChI is InChI=1S/C22H24N4OS2/c1-17-24-19(15-28-17)16-29-21-5-3-2-4-20(21)22(27)26-12-10-25(11-13-26)14-18-6-8-23-9-7-18/h2-9,15H,10-14,16H2,1H3. The van der Waals surface area contributed by atoms with E-state index >= 15 is 0 Å². The Morgan fingerprint density at radius 1 is 1.10 bits per heavy atom. The van der Waals surface area contributed by atoms with Crippen LogP contribution in [0.25, 0.3) is 0 Å². The van der Waals surface area contributed by atoms with Crippen LogP contribution < -0.4 is 0 Å². The minimum absolute atomic E-state index is 0.131. The first-order chi connectivity index (χ1) is 14.2. The van der Waals surface area contributed by atoms with Crippen molar-refractivity contribution in [1.82, 2.24) is 19.8 Å². The lowest BCUT2D eigenvalue weighted by Gasteiger charge is -2.35. The summed E-state index contributed by atoms with van der Waals surface area (Å²) in [5.74, 6) is 0.917. The highest BCUT2D eigenvalue weighted by Crippen LogP contribution is 2.28. The monoisotopic (exact) mass is 424 g/mol. The first kappa shape index (κ1) is 20.1. The molecule has 1 saturated heterocycles. The van der Waals surface area contributed by atoms with Crippen molar-refractivity contribution in [1.29, 1.82) is 0 Å². The van der Waals surface area contributed by atoms with Gasteiger partial charge in [-0.3, -0.25) is 14.7 Å². The van der Waals surface area contributed by atoms with Crippen molar-refractivity contribution in [2.75, 3.05) is 26.2 Å². The Bertz CT molecular complexity index is 952. The Hall–Kier alpha value is -2.22. The second-order valence-electron chi connectivity index (χ2n) is 7.07. The van der Waals surface area contributed by atoms with E-state index in [-0.39, 0.29) is 5.91 Å². The van der Waals surface area contributed by atoms with E-state index in [9.17, 15) is 4.79 Å². The molecule has 1 aromatic carbocycles. The molecular formula is C22H24N4OS2. The van der Waals surface area contributed by atoms with Crippen LogP contribution in [0.4, 0.5) is 0 Å². The largest absolute Gasteiger partial charge is 0.336 e. The Balaban J connectivity index is 1.36. The van der Waals surface area contributed by atoms with Crippen LogP contribution in [-0.4, -0.2) is 51.9 Å². The molecule has 1 aliphatic rings. The van der Waals surface area contributed by atoms with Gasteiger partial charge in [0.25, 0.3) is 5.91 Å². The Labute approximate surface area is 179 Å². The van der Waals surface area contributed by atoms with E-state index in [4.69, 9.17) is 0 Å². The highest BCUT2D eigenvalue weighted by atomic mass is 32.2. The molecule has 0 spiro atoms. The number of hydrogen-bond donors (Lipinski definition) is 0. The van der Waals surface area contributed by atoms with Crippen LogP contribution in [0, 0.1) is 6.92 Å². The summed E-state index contributed by atoms with van der Waals surface area (Å²) in [6.07, 6.45) is 3.66. The summed E-state index contributed by atoms with van der Waals surface area (Å²) in [6, 6.07) is 12.0. The van der Waals surface area contributed by atoms with E-state index in [1.807, 2.05) is 48.5 Å². The van der Waals surface area contributed by atoms with Crippen LogP contribution in [0.5, 0.6) is 0 Å². The summed E-state index contributed by atoms with van der Waals surface area (Å²) >= 11 is 3.35. The van der Waals surface area contributed by atoms with Gasteiger partial charge < -0.3 is 4.90 Å². The Morgan fingerprint density at radius 2 is 1.86 bits per heavy atom. The lowest BCUT2D eigenvalue weighted by Crippen LogP contribution is -2.48. The van der Waals surface area contributed by atoms with E-state index < -0.39 is 0 Å². The maximum Gasteiger partial charge on any atom is 0.255 e. The molecule has 150 valence electrons. The summed E-state index contributed by atoms with van der Waals surface area (Å²) in [6.45, 7) is 6.22. The number of benzene rings is 1. The molecule has 1 fully saturated rings. The van der Waals surface area contributed by atoms with Gasteiger partial charge in [-0.1, -0.05) is 12.1 Å². The third kappa shape index (κ3) is 5.23. The van der Waals surface area contributed by atoms with Gasteiger partial charge in [0.2, 0.25) is 0 Å². The second-order valence-corrected chi connectivity index (χ2v) is 9.15. The fourth-order valence-corrected chi connectivity index (χ4v) is 5.08. The smallest absolute Gasteiger partial charge is 0.255 e. The van der Waals surface area contributed by atoms with Gasteiger partial charge in [-0.2, -0.15) is 0 Å². The molecule has 0 aliphatic carbocycles. The molecule has 1 amide bonds. The Kier molecular flexibility index (Phi) is 6.59. The maximum atomic E-state index is 13.2. The van der Waals surface area contributed by atoms with E-state index in [1.165, 1.54) is 5.56 Å². The number of thiazole rings is 1. The van der Waals surface area contributed by atoms with E-state index in [0.717, 1.165) is 59.6 Å². The van der Waals surface area contributed by atoms with Gasteiger partial charge in [-0.05, 0) is 36.8 Å². The van der Waals surface area contributed by atoms with Crippen LogP contribution in [0.2, 0.25) is 0 Å². The van der Waals surface area contributed by atoms with Crippen molar-refractivity contribution in [2.24, 2.45) is 0 Å². The number of hydrogen-bond acceptors (Lipinski definition) is 6. The quantitative estimate of drug-likeness (QED) is 0.558. The predicted octanol–water partition coefficient (Wildman–Crippen LogP) is 4.10. The number of aromatic nitrogens is 2. The van der Waals surface area contributed by atoms with Gasteiger partial charge in [0.15, 0.2) is 0 Å². The predicted molar refractivity (Wildman–Crippen MR) is 118 cm³/mol. The number of amides is 1. The number of rotatable bonds is 6. The maximum absolute atomic E-state index is 13.2. The normalized spacial score (nSPS) is 14.9. The molecule has 5 nitrogen and oxygen atoms in total. The molecule has 0 bridgehead atoms. The minimum Gasteiger partial charge on any atom is -0.336 e. The van der Waals surface area contributed by atoms with Crippen LogP contribution in [0.1, 0.15) is 26.6 Å². The third-order valence-corrected chi connectivity index (χ3v) is 6.90. The number of thioether (sulfide) groups is 1. The zero-order chi connectivity index (χ0) is 20.1. The van der Waals surface area contributed by atoms with Crippen molar-refractivity contribution < 1.29 is 4.79 Å². The molecule has 3 aromatic rings.